The number of nitrogens with zero attached hydrogens (tertiary/aromatic N) is 1. The van der Waals surface area contributed by atoms with Crippen molar-refractivity contribution >= 4 is 33.9 Å². The molecule has 1 aliphatic heterocycles. The summed E-state index contributed by atoms with van der Waals surface area (Å²) >= 11 is 0. The van der Waals surface area contributed by atoms with Crippen LogP contribution in [0, 0.1) is 0 Å². The fraction of sp³-hybridized carbons (Fsp3) is 0.208. The molecule has 0 fully saturated rings. The van der Waals surface area contributed by atoms with Gasteiger partial charge in [-0.2, -0.15) is 4.58 Å². The number of hydrogen-bond acceptors (Lipinski definition) is 1. The first-order valence-electron chi connectivity index (χ1n) is 9.23. The monoisotopic (exact) mass is 376 g/mol. The van der Waals surface area contributed by atoms with E-state index in [-0.39, 0.29) is 17.8 Å². The van der Waals surface area contributed by atoms with Crippen LogP contribution < -0.4 is 18.1 Å². The van der Waals surface area contributed by atoms with Crippen LogP contribution in [0.4, 0.5) is 11.4 Å². The molecule has 1 aliphatic rings. The summed E-state index contributed by atoms with van der Waals surface area (Å²) in [4.78, 5) is 0. The lowest BCUT2D eigenvalue weighted by molar-refractivity contribution is -0.433. The van der Waals surface area contributed by atoms with E-state index in [2.05, 4.69) is 86.0 Å². The van der Waals surface area contributed by atoms with Crippen molar-refractivity contribution in [2.24, 2.45) is 0 Å². The third-order valence-corrected chi connectivity index (χ3v) is 5.44. The van der Waals surface area contributed by atoms with Crippen LogP contribution in [0.5, 0.6) is 0 Å². The van der Waals surface area contributed by atoms with E-state index in [1.54, 1.807) is 0 Å². The Morgan fingerprint density at radius 3 is 2.33 bits per heavy atom. The average molecular weight is 377 g/mol. The maximum Gasteiger partial charge on any atom is 0.210 e. The molecule has 3 heteroatoms. The molecule has 0 aliphatic carbocycles. The van der Waals surface area contributed by atoms with Gasteiger partial charge >= 0.3 is 0 Å². The lowest BCUT2D eigenvalue weighted by atomic mass is 9.79. The molecule has 0 spiro atoms. The van der Waals surface area contributed by atoms with Crippen molar-refractivity contribution in [1.82, 2.24) is 0 Å². The first kappa shape index (κ1) is 19.2. The number of hydrogen-bond donors (Lipinski definition) is 1. The summed E-state index contributed by atoms with van der Waals surface area (Å²) < 4.78 is 2.44. The first-order valence-corrected chi connectivity index (χ1v) is 9.23. The van der Waals surface area contributed by atoms with Gasteiger partial charge < -0.3 is 18.1 Å². The highest BCUT2D eigenvalue weighted by Crippen LogP contribution is 2.44. The van der Waals surface area contributed by atoms with Crippen LogP contribution >= 0.6 is 0 Å². The molecule has 0 amide bonds. The Hall–Kier alpha value is -2.58. The number of allylic oxidation sites excluding steroid dienone is 1. The van der Waals surface area contributed by atoms with Crippen molar-refractivity contribution < 1.29 is 17.0 Å². The predicted molar refractivity (Wildman–Crippen MR) is 112 cm³/mol. The normalized spacial score (nSPS) is 15.2. The molecule has 3 aromatic rings. The Labute approximate surface area is 167 Å². The van der Waals surface area contributed by atoms with Gasteiger partial charge in [-0.05, 0) is 61.4 Å². The maximum absolute atomic E-state index is 5.80. The summed E-state index contributed by atoms with van der Waals surface area (Å²) in [6.07, 6.45) is 4.46. The molecule has 138 valence electrons. The molecule has 2 nitrogen and oxygen atoms in total. The zero-order valence-electron chi connectivity index (χ0n) is 16.0. The van der Waals surface area contributed by atoms with Gasteiger partial charge in [-0.15, -0.1) is 0 Å². The lowest BCUT2D eigenvalue weighted by Gasteiger charge is -2.17. The molecule has 0 radical (unpaired) electrons. The molecular weight excluding hydrogens is 352 g/mol. The molecule has 0 atom stereocenters. The summed E-state index contributed by atoms with van der Waals surface area (Å²) in [6, 6.07) is 21.2. The Bertz CT molecular complexity index is 1040. The predicted octanol–water partition coefficient (Wildman–Crippen LogP) is 2.54. The van der Waals surface area contributed by atoms with Gasteiger partial charge in [0.1, 0.15) is 6.54 Å². The van der Waals surface area contributed by atoms with Crippen LogP contribution in [0.15, 0.2) is 66.7 Å². The minimum Gasteiger partial charge on any atom is -1.00 e. The summed E-state index contributed by atoms with van der Waals surface area (Å²) in [5.74, 6) is 0. The van der Waals surface area contributed by atoms with Gasteiger partial charge in [0, 0.05) is 23.4 Å². The van der Waals surface area contributed by atoms with E-state index in [0.29, 0.717) is 0 Å². The zero-order valence-corrected chi connectivity index (χ0v) is 16.8. The molecule has 1 heterocycles. The zero-order chi connectivity index (χ0) is 18.3. The average Bonchev–Trinajstić information content (AvgIpc) is 2.87. The molecule has 27 heavy (non-hydrogen) atoms. The molecule has 0 bridgehead atoms. The van der Waals surface area contributed by atoms with Crippen LogP contribution in [-0.4, -0.2) is 16.8 Å². The van der Waals surface area contributed by atoms with Gasteiger partial charge in [0.2, 0.25) is 5.69 Å². The number of rotatable bonds is 3. The number of anilines is 1. The van der Waals surface area contributed by atoms with Crippen molar-refractivity contribution in [1.29, 1.82) is 0 Å². The van der Waals surface area contributed by atoms with Crippen LogP contribution in [0.2, 0.25) is 0 Å². The summed E-state index contributed by atoms with van der Waals surface area (Å²) in [5.41, 5.74) is 11.8. The van der Waals surface area contributed by atoms with Gasteiger partial charge in [0.25, 0.3) is 0 Å². The Balaban J connectivity index is 0.00000210. The fourth-order valence-corrected chi connectivity index (χ4v) is 4.16. The third-order valence-electron chi connectivity index (χ3n) is 5.44. The second-order valence-corrected chi connectivity index (χ2v) is 7.44. The highest BCUT2D eigenvalue weighted by Gasteiger charge is 2.44. The summed E-state index contributed by atoms with van der Waals surface area (Å²) in [5, 5.41) is 2.66. The SMILES string of the molecule is CC[N+]1=C(/C=C/c2ccc(N)cc2)C(C)(C)c2c1ccc1ccccc21.[Cl-]. The molecule has 0 unspecified atom stereocenters. The van der Waals surface area contributed by atoms with Crippen LogP contribution in [0.3, 0.4) is 0 Å². The van der Waals surface area contributed by atoms with E-state index < -0.39 is 0 Å². The number of nitrogens with two attached hydrogens (primary N) is 1. The Morgan fingerprint density at radius 1 is 0.926 bits per heavy atom. The minimum atomic E-state index is -0.0451. The highest BCUT2D eigenvalue weighted by molar-refractivity contribution is 6.09. The number of halogens is 1. The van der Waals surface area contributed by atoms with Gasteiger partial charge in [-0.3, -0.25) is 0 Å². The molecule has 0 saturated carbocycles. The van der Waals surface area contributed by atoms with Gasteiger partial charge in [0.15, 0.2) is 5.71 Å². The Kier molecular flexibility index (Phi) is 5.12. The van der Waals surface area contributed by atoms with Gasteiger partial charge in [-0.25, -0.2) is 0 Å². The lowest BCUT2D eigenvalue weighted by Crippen LogP contribution is -3.00. The first-order chi connectivity index (χ1) is 12.5. The van der Waals surface area contributed by atoms with Crippen molar-refractivity contribution in [3.8, 4) is 0 Å². The third kappa shape index (κ3) is 3.15. The second kappa shape index (κ2) is 7.21. The smallest absolute Gasteiger partial charge is 0.210 e. The molecule has 4 rings (SSSR count). The van der Waals surface area contributed by atoms with Gasteiger partial charge in [0.05, 0.1) is 5.41 Å². The van der Waals surface area contributed by atoms with Crippen molar-refractivity contribution in [3.63, 3.8) is 0 Å². The van der Waals surface area contributed by atoms with Crippen LogP contribution in [-0.2, 0) is 5.41 Å². The maximum atomic E-state index is 5.80. The standard InChI is InChI=1S/C24H24N2.ClH/c1-4-26-21-15-12-18-7-5-6-8-20(18)23(21)24(2,3)22(26)16-11-17-9-13-19(25)14-10-17;/h5-16,25H,4H2,1-3H3;1H. The van der Waals surface area contributed by atoms with Crippen molar-refractivity contribution in [3.05, 3.63) is 77.9 Å². The van der Waals surface area contributed by atoms with E-state index in [1.165, 1.54) is 33.3 Å². The molecule has 2 N–H and O–H groups in total. The van der Waals surface area contributed by atoms with Crippen molar-refractivity contribution in [2.45, 2.75) is 26.2 Å². The van der Waals surface area contributed by atoms with Crippen LogP contribution in [0.1, 0.15) is 31.9 Å². The number of fused-ring (bicyclic) bond motifs is 3. The molecule has 3 aromatic carbocycles. The summed E-state index contributed by atoms with van der Waals surface area (Å²) in [7, 11) is 0. The Morgan fingerprint density at radius 2 is 1.63 bits per heavy atom. The molecule has 0 saturated heterocycles. The van der Waals surface area contributed by atoms with E-state index in [4.69, 9.17) is 5.73 Å². The van der Waals surface area contributed by atoms with E-state index in [9.17, 15) is 0 Å². The number of nitrogen functional groups attached to an aromatic ring is 1. The number of benzene rings is 3. The highest BCUT2D eigenvalue weighted by atomic mass is 35.5. The molecular formula is C24H25ClN2. The van der Waals surface area contributed by atoms with E-state index in [1.807, 2.05) is 12.1 Å². The largest absolute Gasteiger partial charge is 1.00 e. The van der Waals surface area contributed by atoms with Crippen LogP contribution in [0.25, 0.3) is 16.8 Å². The van der Waals surface area contributed by atoms with Crippen molar-refractivity contribution in [2.75, 3.05) is 12.3 Å². The van der Waals surface area contributed by atoms with E-state index >= 15 is 0 Å². The van der Waals surface area contributed by atoms with Gasteiger partial charge in [-0.1, -0.05) is 36.4 Å². The molecule has 0 aromatic heterocycles. The minimum absolute atomic E-state index is 0. The summed E-state index contributed by atoms with van der Waals surface area (Å²) in [6.45, 7) is 7.83. The fourth-order valence-electron chi connectivity index (χ4n) is 4.16. The quantitative estimate of drug-likeness (QED) is 0.552. The topological polar surface area (TPSA) is 29.0 Å². The van der Waals surface area contributed by atoms with E-state index in [0.717, 1.165) is 12.2 Å². The second-order valence-electron chi connectivity index (χ2n) is 7.44.